The number of benzene rings is 3. The van der Waals surface area contributed by atoms with E-state index < -0.39 is 29.4 Å². The Kier molecular flexibility index (Phi) is 9.19. The highest BCUT2D eigenvalue weighted by molar-refractivity contribution is 14.1. The quantitative estimate of drug-likeness (QED) is 0.268. The molecule has 4 rings (SSSR count). The van der Waals surface area contributed by atoms with E-state index >= 15 is 0 Å². The summed E-state index contributed by atoms with van der Waals surface area (Å²) in [5.74, 6) is -1.27. The van der Waals surface area contributed by atoms with Crippen LogP contribution < -0.4 is 5.32 Å². The number of halogens is 5. The summed E-state index contributed by atoms with van der Waals surface area (Å²) in [5.41, 5.74) is 2.84. The Morgan fingerprint density at radius 3 is 2.49 bits per heavy atom. The minimum absolute atomic E-state index is 0.0593. The zero-order valence-corrected chi connectivity index (χ0v) is 24.5. The van der Waals surface area contributed by atoms with E-state index in [-0.39, 0.29) is 25.5 Å². The fraction of sp³-hybridized carbons (Fsp3) is 0.286. The van der Waals surface area contributed by atoms with E-state index in [1.54, 1.807) is 54.6 Å². The topological polar surface area (TPSA) is 69.6 Å². The van der Waals surface area contributed by atoms with Gasteiger partial charge in [0.2, 0.25) is 11.8 Å². The van der Waals surface area contributed by atoms with Crippen LogP contribution in [-0.2, 0) is 22.7 Å². The average molecular weight is 689 g/mol. The third kappa shape index (κ3) is 6.72. The standard InChI is InChI=1S/C28H25ClF3IN2O3S/c1-17-6-9-20(10-7-17)39-27(26(38)34-16-28(30,31)32)13-24(37)35(14-19-4-2-3-5-22(19)29)25(27)21-11-8-18(15-36)12-23(21)33/h2-12,25,36H,13-16H2,1H3,(H,34,38)/t25-,27-/m1/s1. The Labute approximate surface area is 247 Å². The molecule has 1 aliphatic heterocycles. The molecule has 1 saturated heterocycles. The number of nitrogens with zero attached hydrogens (tertiary/aromatic N) is 1. The molecule has 39 heavy (non-hydrogen) atoms. The number of aryl methyl sites for hydroxylation is 1. The second kappa shape index (κ2) is 12.1. The number of carbonyl (C=O) groups is 2. The van der Waals surface area contributed by atoms with Crippen LogP contribution in [-0.4, -0.2) is 39.3 Å². The lowest BCUT2D eigenvalue weighted by Crippen LogP contribution is -2.50. The maximum absolute atomic E-state index is 13.8. The number of thioether (sulfide) groups is 1. The van der Waals surface area contributed by atoms with E-state index in [1.807, 2.05) is 19.1 Å². The van der Waals surface area contributed by atoms with Crippen molar-refractivity contribution in [2.45, 2.75) is 48.4 Å². The maximum atomic E-state index is 13.8. The summed E-state index contributed by atoms with van der Waals surface area (Å²) in [6.45, 7) is 0.231. The van der Waals surface area contributed by atoms with Gasteiger partial charge in [0.15, 0.2) is 0 Å². The van der Waals surface area contributed by atoms with Gasteiger partial charge in [-0.3, -0.25) is 9.59 Å². The van der Waals surface area contributed by atoms with Crippen LogP contribution in [0.4, 0.5) is 13.2 Å². The zero-order chi connectivity index (χ0) is 28.4. The van der Waals surface area contributed by atoms with Crippen LogP contribution in [0.2, 0.25) is 5.02 Å². The van der Waals surface area contributed by atoms with Gasteiger partial charge in [-0.1, -0.05) is 59.6 Å². The number of aliphatic hydroxyl groups excluding tert-OH is 1. The number of hydrogen-bond donors (Lipinski definition) is 2. The van der Waals surface area contributed by atoms with Crippen LogP contribution in [0.1, 0.15) is 34.7 Å². The zero-order valence-electron chi connectivity index (χ0n) is 20.8. The average Bonchev–Trinajstić information content (AvgIpc) is 3.16. The van der Waals surface area contributed by atoms with Crippen LogP contribution >= 0.6 is 46.0 Å². The number of amides is 2. The van der Waals surface area contributed by atoms with E-state index in [9.17, 15) is 27.9 Å². The second-order valence-corrected chi connectivity index (χ2v) is 12.3. The Morgan fingerprint density at radius 1 is 1.18 bits per heavy atom. The molecule has 0 saturated carbocycles. The number of rotatable bonds is 8. The van der Waals surface area contributed by atoms with Crippen LogP contribution in [0.15, 0.2) is 71.6 Å². The minimum Gasteiger partial charge on any atom is -0.392 e. The van der Waals surface area contributed by atoms with Crippen molar-refractivity contribution in [3.05, 3.63) is 97.6 Å². The van der Waals surface area contributed by atoms with Crippen molar-refractivity contribution in [3.8, 4) is 0 Å². The fourth-order valence-electron chi connectivity index (χ4n) is 4.61. The first-order valence-electron chi connectivity index (χ1n) is 12.0. The molecule has 0 bridgehead atoms. The smallest absolute Gasteiger partial charge is 0.392 e. The molecule has 0 unspecified atom stereocenters. The summed E-state index contributed by atoms with van der Waals surface area (Å²) in [5, 5.41) is 12.1. The number of hydrogen-bond acceptors (Lipinski definition) is 4. The molecule has 1 heterocycles. The predicted molar refractivity (Wildman–Crippen MR) is 153 cm³/mol. The molecule has 5 nitrogen and oxygen atoms in total. The number of carbonyl (C=O) groups excluding carboxylic acids is 2. The molecule has 2 amide bonds. The summed E-state index contributed by atoms with van der Waals surface area (Å²) < 4.78 is 38.7. The van der Waals surface area contributed by atoms with Crippen molar-refractivity contribution in [2.24, 2.45) is 0 Å². The van der Waals surface area contributed by atoms with Crippen molar-refractivity contribution in [1.29, 1.82) is 0 Å². The van der Waals surface area contributed by atoms with Crippen molar-refractivity contribution < 1.29 is 27.9 Å². The van der Waals surface area contributed by atoms with Gasteiger partial charge in [0.25, 0.3) is 0 Å². The fourth-order valence-corrected chi connectivity index (χ4v) is 7.10. The first kappa shape index (κ1) is 29.7. The molecule has 1 fully saturated rings. The Morgan fingerprint density at radius 2 is 1.87 bits per heavy atom. The molecule has 0 radical (unpaired) electrons. The van der Waals surface area contributed by atoms with Crippen LogP contribution in [0.5, 0.6) is 0 Å². The lowest BCUT2D eigenvalue weighted by atomic mass is 9.90. The molecule has 2 atom stereocenters. The van der Waals surface area contributed by atoms with Gasteiger partial charge in [-0.25, -0.2) is 0 Å². The summed E-state index contributed by atoms with van der Waals surface area (Å²) in [7, 11) is 0. The molecule has 11 heteroatoms. The van der Waals surface area contributed by atoms with Crippen molar-refractivity contribution >= 4 is 57.8 Å². The summed E-state index contributed by atoms with van der Waals surface area (Å²) in [6.07, 6.45) is -4.94. The Bertz CT molecular complexity index is 1370. The summed E-state index contributed by atoms with van der Waals surface area (Å²) in [4.78, 5) is 29.7. The highest BCUT2D eigenvalue weighted by atomic mass is 127. The summed E-state index contributed by atoms with van der Waals surface area (Å²) >= 11 is 9.57. The van der Waals surface area contributed by atoms with E-state index in [0.717, 1.165) is 17.3 Å². The first-order valence-corrected chi connectivity index (χ1v) is 14.2. The van der Waals surface area contributed by atoms with E-state index in [2.05, 4.69) is 27.9 Å². The lowest BCUT2D eigenvalue weighted by molar-refractivity contribution is -0.140. The normalized spacial score (nSPS) is 19.4. The molecular weight excluding hydrogens is 664 g/mol. The number of nitrogens with one attached hydrogen (secondary N) is 1. The van der Waals surface area contributed by atoms with Crippen molar-refractivity contribution in [2.75, 3.05) is 6.54 Å². The second-order valence-electron chi connectivity index (χ2n) is 9.31. The predicted octanol–water partition coefficient (Wildman–Crippen LogP) is 6.43. The number of aliphatic hydroxyl groups is 1. The molecule has 206 valence electrons. The largest absolute Gasteiger partial charge is 0.405 e. The minimum atomic E-state index is -4.63. The van der Waals surface area contributed by atoms with Crippen molar-refractivity contribution in [1.82, 2.24) is 10.2 Å². The molecule has 2 N–H and O–H groups in total. The van der Waals surface area contributed by atoms with Gasteiger partial charge in [-0.15, -0.1) is 11.8 Å². The van der Waals surface area contributed by atoms with Crippen LogP contribution in [0.25, 0.3) is 0 Å². The third-order valence-electron chi connectivity index (χ3n) is 6.48. The van der Waals surface area contributed by atoms with Gasteiger partial charge in [0.05, 0.1) is 19.1 Å². The van der Waals surface area contributed by atoms with Gasteiger partial charge in [-0.05, 0) is 70.5 Å². The number of likely N-dealkylation sites (tertiary alicyclic amines) is 1. The van der Waals surface area contributed by atoms with Gasteiger partial charge in [0.1, 0.15) is 11.3 Å². The monoisotopic (exact) mass is 688 g/mol. The number of alkyl halides is 3. The molecular formula is C28H25ClF3IN2O3S. The Hall–Kier alpha value is -2.28. The van der Waals surface area contributed by atoms with E-state index in [1.165, 1.54) is 4.90 Å². The molecule has 0 spiro atoms. The van der Waals surface area contributed by atoms with Crippen LogP contribution in [0, 0.1) is 10.5 Å². The third-order valence-corrected chi connectivity index (χ3v) is 9.21. The van der Waals surface area contributed by atoms with Crippen molar-refractivity contribution in [3.63, 3.8) is 0 Å². The van der Waals surface area contributed by atoms with Gasteiger partial charge >= 0.3 is 6.18 Å². The van der Waals surface area contributed by atoms with E-state index in [0.29, 0.717) is 30.2 Å². The molecule has 3 aromatic carbocycles. The molecule has 0 aromatic heterocycles. The summed E-state index contributed by atoms with van der Waals surface area (Å²) in [6, 6.07) is 18.5. The van der Waals surface area contributed by atoms with E-state index in [4.69, 9.17) is 11.6 Å². The lowest BCUT2D eigenvalue weighted by Gasteiger charge is -2.37. The molecule has 1 aliphatic rings. The van der Waals surface area contributed by atoms with Gasteiger partial charge in [-0.2, -0.15) is 13.2 Å². The maximum Gasteiger partial charge on any atom is 0.405 e. The highest BCUT2D eigenvalue weighted by Crippen LogP contribution is 2.54. The van der Waals surface area contributed by atoms with Crippen LogP contribution in [0.3, 0.4) is 0 Å². The molecule has 0 aliphatic carbocycles. The molecule has 3 aromatic rings. The van der Waals surface area contributed by atoms with Gasteiger partial charge in [0, 0.05) is 20.0 Å². The SMILES string of the molecule is Cc1ccc(S[C@]2(C(=O)NCC(F)(F)F)CC(=O)N(Cc3ccccc3Cl)[C@@H]2c2ccc(CO)cc2I)cc1. The first-order chi connectivity index (χ1) is 18.4. The van der Waals surface area contributed by atoms with Gasteiger partial charge < -0.3 is 15.3 Å². The Balaban J connectivity index is 1.89. The highest BCUT2D eigenvalue weighted by Gasteiger charge is 2.58.